The lowest BCUT2D eigenvalue weighted by atomic mass is 9.98. The molecule has 0 bridgehead atoms. The highest BCUT2D eigenvalue weighted by Gasteiger charge is 2.26. The van der Waals surface area contributed by atoms with E-state index in [2.05, 4.69) is 10.3 Å². The number of aromatic nitrogens is 1. The predicted molar refractivity (Wildman–Crippen MR) is 108 cm³/mol. The Balaban J connectivity index is 1.79. The molecular formula is C22H24N2O4. The first kappa shape index (κ1) is 18.3. The zero-order valence-corrected chi connectivity index (χ0v) is 15.9. The number of methoxy groups -OCH3 is 1. The fourth-order valence-corrected chi connectivity index (χ4v) is 4.18. The number of rotatable bonds is 5. The molecule has 6 heteroatoms. The Hall–Kier alpha value is -3.02. The highest BCUT2D eigenvalue weighted by molar-refractivity contribution is 6.35. The molecule has 2 aliphatic rings. The number of aryl methyl sites for hydroxylation is 1. The third kappa shape index (κ3) is 3.42. The van der Waals surface area contributed by atoms with Gasteiger partial charge in [-0.15, -0.1) is 0 Å². The van der Waals surface area contributed by atoms with Crippen molar-refractivity contribution in [2.75, 3.05) is 12.4 Å². The number of fused-ring (bicyclic) bond motifs is 2. The predicted octanol–water partition coefficient (Wildman–Crippen LogP) is 3.80. The summed E-state index contributed by atoms with van der Waals surface area (Å²) in [7, 11) is 1.60. The highest BCUT2D eigenvalue weighted by atomic mass is 16.5. The van der Waals surface area contributed by atoms with Gasteiger partial charge >= 0.3 is 5.97 Å². The van der Waals surface area contributed by atoms with E-state index >= 15 is 0 Å². The molecule has 0 saturated carbocycles. The number of benzene rings is 1. The molecule has 2 heterocycles. The standard InChI is InChI=1S/C22H24N2O4/c1-28-13-7-9-19-16(11-13)17(22(27)24-19)12-20-15(8-10-21(25)26)14-5-3-2-4-6-18(14)23-20/h7,9,11-12,23H,2-6,8,10H2,1H3,(H,24,27)(H,25,26). The molecule has 6 nitrogen and oxygen atoms in total. The minimum absolute atomic E-state index is 0.0804. The summed E-state index contributed by atoms with van der Waals surface area (Å²) in [6.07, 6.45) is 7.77. The van der Waals surface area contributed by atoms with Crippen molar-refractivity contribution in [3.05, 3.63) is 46.3 Å². The van der Waals surface area contributed by atoms with Crippen molar-refractivity contribution < 1.29 is 19.4 Å². The Bertz CT molecular complexity index is 971. The minimum Gasteiger partial charge on any atom is -0.497 e. The van der Waals surface area contributed by atoms with E-state index in [4.69, 9.17) is 4.74 Å². The number of nitrogens with one attached hydrogen (secondary N) is 2. The Morgan fingerprint density at radius 2 is 2.07 bits per heavy atom. The summed E-state index contributed by atoms with van der Waals surface area (Å²) >= 11 is 0. The summed E-state index contributed by atoms with van der Waals surface area (Å²) in [5.74, 6) is -0.275. The van der Waals surface area contributed by atoms with Crippen LogP contribution in [0.15, 0.2) is 18.2 Å². The lowest BCUT2D eigenvalue weighted by Gasteiger charge is -2.06. The Morgan fingerprint density at radius 1 is 1.25 bits per heavy atom. The molecule has 0 radical (unpaired) electrons. The van der Waals surface area contributed by atoms with Crippen LogP contribution in [0.5, 0.6) is 5.75 Å². The zero-order chi connectivity index (χ0) is 19.7. The largest absolute Gasteiger partial charge is 0.497 e. The van der Waals surface area contributed by atoms with Gasteiger partial charge in [0.2, 0.25) is 0 Å². The quantitative estimate of drug-likeness (QED) is 0.543. The number of carbonyl (C=O) groups excluding carboxylic acids is 1. The first-order valence-electron chi connectivity index (χ1n) is 9.72. The number of ether oxygens (including phenoxy) is 1. The van der Waals surface area contributed by atoms with Crippen LogP contribution in [0.25, 0.3) is 11.6 Å². The van der Waals surface area contributed by atoms with Crippen LogP contribution >= 0.6 is 0 Å². The molecular weight excluding hydrogens is 356 g/mol. The second-order valence-electron chi connectivity index (χ2n) is 7.35. The lowest BCUT2D eigenvalue weighted by molar-refractivity contribution is -0.137. The van der Waals surface area contributed by atoms with Gasteiger partial charge in [0, 0.05) is 29.1 Å². The van der Waals surface area contributed by atoms with Crippen molar-refractivity contribution in [2.45, 2.75) is 44.9 Å². The molecule has 1 aromatic heterocycles. The molecule has 146 valence electrons. The number of H-pyrrole nitrogens is 1. The van der Waals surface area contributed by atoms with Gasteiger partial charge in [-0.3, -0.25) is 9.59 Å². The summed E-state index contributed by atoms with van der Waals surface area (Å²) in [6, 6.07) is 5.50. The van der Waals surface area contributed by atoms with Gasteiger partial charge in [0.15, 0.2) is 0 Å². The summed E-state index contributed by atoms with van der Waals surface area (Å²) in [4.78, 5) is 27.2. The number of carboxylic acid groups (broad SMARTS) is 1. The van der Waals surface area contributed by atoms with Crippen molar-refractivity contribution in [3.8, 4) is 5.75 Å². The maximum Gasteiger partial charge on any atom is 0.303 e. The molecule has 1 aliphatic carbocycles. The molecule has 1 aromatic carbocycles. The maximum absolute atomic E-state index is 12.6. The average molecular weight is 380 g/mol. The van der Waals surface area contributed by atoms with Gasteiger partial charge < -0.3 is 20.1 Å². The van der Waals surface area contributed by atoms with Gasteiger partial charge in [0.05, 0.1) is 12.7 Å². The second-order valence-corrected chi connectivity index (χ2v) is 7.35. The van der Waals surface area contributed by atoms with Crippen LogP contribution in [0.2, 0.25) is 0 Å². The molecule has 4 rings (SSSR count). The molecule has 0 fully saturated rings. The Kier molecular flexibility index (Phi) is 4.94. The van der Waals surface area contributed by atoms with Crippen LogP contribution in [0.4, 0.5) is 5.69 Å². The third-order valence-electron chi connectivity index (χ3n) is 5.58. The number of carboxylic acids is 1. The van der Waals surface area contributed by atoms with Gasteiger partial charge in [-0.1, -0.05) is 6.42 Å². The normalized spacial score (nSPS) is 17.0. The molecule has 2 aromatic rings. The molecule has 0 atom stereocenters. The average Bonchev–Trinajstić information content (AvgIpc) is 3.05. The fraction of sp³-hybridized carbons (Fsp3) is 0.364. The van der Waals surface area contributed by atoms with E-state index in [1.165, 1.54) is 17.7 Å². The van der Waals surface area contributed by atoms with Crippen LogP contribution in [-0.2, 0) is 28.9 Å². The first-order valence-corrected chi connectivity index (χ1v) is 9.72. The van der Waals surface area contributed by atoms with Crippen molar-refractivity contribution in [2.24, 2.45) is 0 Å². The van der Waals surface area contributed by atoms with E-state index < -0.39 is 5.97 Å². The van der Waals surface area contributed by atoms with Crippen molar-refractivity contribution in [3.63, 3.8) is 0 Å². The number of amides is 1. The van der Waals surface area contributed by atoms with Crippen LogP contribution in [0.1, 0.15) is 53.8 Å². The van der Waals surface area contributed by atoms with Crippen LogP contribution in [0, 0.1) is 0 Å². The number of hydrogen-bond acceptors (Lipinski definition) is 3. The van der Waals surface area contributed by atoms with Crippen molar-refractivity contribution >= 4 is 29.2 Å². The van der Waals surface area contributed by atoms with E-state index in [0.29, 0.717) is 17.7 Å². The number of aliphatic carboxylic acids is 1. The van der Waals surface area contributed by atoms with E-state index in [9.17, 15) is 14.7 Å². The molecule has 0 spiro atoms. The van der Waals surface area contributed by atoms with E-state index in [1.54, 1.807) is 7.11 Å². The molecule has 3 N–H and O–H groups in total. The van der Waals surface area contributed by atoms with E-state index in [0.717, 1.165) is 48.2 Å². The monoisotopic (exact) mass is 380 g/mol. The van der Waals surface area contributed by atoms with Gasteiger partial charge in [-0.05, 0) is 67.5 Å². The SMILES string of the molecule is COc1ccc2c(c1)C(=Cc1[nH]c3c(c1CCC(=O)O)CCCCC3)C(=O)N2. The van der Waals surface area contributed by atoms with Gasteiger partial charge in [-0.2, -0.15) is 0 Å². The first-order chi connectivity index (χ1) is 13.6. The number of anilines is 1. The van der Waals surface area contributed by atoms with Crippen molar-refractivity contribution in [1.29, 1.82) is 0 Å². The van der Waals surface area contributed by atoms with E-state index in [1.807, 2.05) is 24.3 Å². The minimum atomic E-state index is -0.809. The number of carbonyl (C=O) groups is 2. The Labute approximate surface area is 163 Å². The topological polar surface area (TPSA) is 91.4 Å². The summed E-state index contributed by atoms with van der Waals surface area (Å²) in [5.41, 5.74) is 6.46. The highest BCUT2D eigenvalue weighted by Crippen LogP contribution is 2.37. The summed E-state index contributed by atoms with van der Waals surface area (Å²) in [6.45, 7) is 0. The third-order valence-corrected chi connectivity index (χ3v) is 5.58. The van der Waals surface area contributed by atoms with Crippen LogP contribution < -0.4 is 10.1 Å². The molecule has 28 heavy (non-hydrogen) atoms. The smallest absolute Gasteiger partial charge is 0.303 e. The summed E-state index contributed by atoms with van der Waals surface area (Å²) < 4.78 is 5.30. The number of hydrogen-bond donors (Lipinski definition) is 3. The number of aromatic amines is 1. The van der Waals surface area contributed by atoms with Gasteiger partial charge in [-0.25, -0.2) is 0 Å². The second kappa shape index (κ2) is 7.54. The zero-order valence-electron chi connectivity index (χ0n) is 15.9. The van der Waals surface area contributed by atoms with Crippen molar-refractivity contribution in [1.82, 2.24) is 4.98 Å². The van der Waals surface area contributed by atoms with Gasteiger partial charge in [0.1, 0.15) is 5.75 Å². The fourth-order valence-electron chi connectivity index (χ4n) is 4.18. The van der Waals surface area contributed by atoms with E-state index in [-0.39, 0.29) is 12.3 Å². The molecule has 0 saturated heterocycles. The molecule has 1 amide bonds. The maximum atomic E-state index is 12.6. The van der Waals surface area contributed by atoms with Crippen LogP contribution in [0.3, 0.4) is 0 Å². The molecule has 1 aliphatic heterocycles. The Morgan fingerprint density at radius 3 is 2.86 bits per heavy atom. The summed E-state index contributed by atoms with van der Waals surface area (Å²) in [5, 5.41) is 12.1. The molecule has 0 unspecified atom stereocenters. The van der Waals surface area contributed by atoms with Crippen LogP contribution in [-0.4, -0.2) is 29.1 Å². The lowest BCUT2D eigenvalue weighted by Crippen LogP contribution is -2.04. The van der Waals surface area contributed by atoms with Gasteiger partial charge in [0.25, 0.3) is 5.91 Å².